The molecule has 0 amide bonds. The van der Waals surface area contributed by atoms with Gasteiger partial charge in [-0.1, -0.05) is 0 Å². The van der Waals surface area contributed by atoms with Gasteiger partial charge in [0.2, 0.25) is 5.71 Å². The van der Waals surface area contributed by atoms with Crippen LogP contribution in [0.15, 0.2) is 17.2 Å². The van der Waals surface area contributed by atoms with Crippen molar-refractivity contribution in [3.8, 4) is 6.07 Å². The molecule has 1 aromatic rings. The molecule has 0 aliphatic heterocycles. The highest BCUT2D eigenvalue weighted by atomic mass is 19.2. The van der Waals surface area contributed by atoms with E-state index in [9.17, 15) is 8.78 Å². The number of benzene rings is 1. The van der Waals surface area contributed by atoms with Crippen LogP contribution in [-0.2, 0) is 0 Å². The zero-order chi connectivity index (χ0) is 13.0. The Morgan fingerprint density at radius 3 is 2.71 bits per heavy atom. The first kappa shape index (κ1) is 12.6. The van der Waals surface area contributed by atoms with E-state index in [1.54, 1.807) is 6.07 Å². The van der Waals surface area contributed by atoms with Gasteiger partial charge >= 0.3 is 0 Å². The minimum absolute atomic E-state index is 0.0228. The summed E-state index contributed by atoms with van der Waals surface area (Å²) in [4.78, 5) is 0. The molecule has 0 aliphatic carbocycles. The molecule has 17 heavy (non-hydrogen) atoms. The van der Waals surface area contributed by atoms with Gasteiger partial charge in [0.15, 0.2) is 17.5 Å². The molecule has 7 heteroatoms. The number of nitriles is 1. The molecule has 0 radical (unpaired) electrons. The number of nitrogens with zero attached hydrogens (tertiary/aromatic N) is 2. The van der Waals surface area contributed by atoms with E-state index in [1.165, 1.54) is 13.0 Å². The maximum absolute atomic E-state index is 13.2. The first-order valence-corrected chi connectivity index (χ1v) is 4.50. The van der Waals surface area contributed by atoms with Crippen molar-refractivity contribution in [3.05, 3.63) is 29.3 Å². The largest absolute Gasteiger partial charge is 0.382 e. The Labute approximate surface area is 96.1 Å². The summed E-state index contributed by atoms with van der Waals surface area (Å²) in [7, 11) is 0. The van der Waals surface area contributed by atoms with E-state index in [1.807, 2.05) is 0 Å². The third-order valence-electron chi connectivity index (χ3n) is 1.99. The molecule has 1 aromatic carbocycles. The van der Waals surface area contributed by atoms with Gasteiger partial charge in [-0.15, -0.1) is 0 Å². The molecular formula is C10H9F2N5. The number of hydrogen-bond donors (Lipinski definition) is 3. The molecule has 0 aromatic heterocycles. The fraction of sp³-hybridized carbons (Fsp3) is 0.100. The third-order valence-corrected chi connectivity index (χ3v) is 1.99. The number of hydrazone groups is 1. The fourth-order valence-electron chi connectivity index (χ4n) is 1.03. The van der Waals surface area contributed by atoms with Crippen LogP contribution in [0.2, 0.25) is 0 Å². The minimum Gasteiger partial charge on any atom is -0.382 e. The molecular weight excluding hydrogens is 228 g/mol. The van der Waals surface area contributed by atoms with Crippen LogP contribution in [0.1, 0.15) is 5.56 Å². The average molecular weight is 237 g/mol. The van der Waals surface area contributed by atoms with E-state index < -0.39 is 17.5 Å². The summed E-state index contributed by atoms with van der Waals surface area (Å²) in [6.45, 7) is 1.36. The molecule has 0 atom stereocenters. The quantitative estimate of drug-likeness (QED) is 0.422. The molecule has 0 heterocycles. The van der Waals surface area contributed by atoms with Crippen LogP contribution in [0.25, 0.3) is 0 Å². The number of amidine groups is 1. The molecule has 88 valence electrons. The number of nitrogens with two attached hydrogens (primary N) is 1. The van der Waals surface area contributed by atoms with Crippen molar-refractivity contribution in [2.45, 2.75) is 6.92 Å². The third kappa shape index (κ3) is 2.75. The maximum atomic E-state index is 13.2. The van der Waals surface area contributed by atoms with E-state index in [0.717, 1.165) is 6.07 Å². The molecule has 1 rings (SSSR count). The Bertz CT molecular complexity index is 530. The van der Waals surface area contributed by atoms with Crippen LogP contribution in [0.5, 0.6) is 0 Å². The predicted molar refractivity (Wildman–Crippen MR) is 59.7 cm³/mol. The highest BCUT2D eigenvalue weighted by Gasteiger charge is 2.09. The Hall–Kier alpha value is -2.49. The van der Waals surface area contributed by atoms with Gasteiger partial charge in [0, 0.05) is 5.56 Å². The Morgan fingerprint density at radius 1 is 1.53 bits per heavy atom. The van der Waals surface area contributed by atoms with E-state index in [2.05, 4.69) is 10.5 Å². The molecule has 0 saturated heterocycles. The topological polar surface area (TPSA) is 98.0 Å². The van der Waals surface area contributed by atoms with Crippen molar-refractivity contribution in [1.29, 1.82) is 10.7 Å². The molecule has 0 fully saturated rings. The van der Waals surface area contributed by atoms with Crippen molar-refractivity contribution in [2.24, 2.45) is 10.8 Å². The van der Waals surface area contributed by atoms with E-state index in [4.69, 9.17) is 16.4 Å². The second kappa shape index (κ2) is 5.03. The second-order valence-corrected chi connectivity index (χ2v) is 3.13. The first-order valence-electron chi connectivity index (χ1n) is 4.50. The van der Waals surface area contributed by atoms with E-state index in [0.29, 0.717) is 0 Å². The normalized spacial score (nSPS) is 10.8. The Kier molecular flexibility index (Phi) is 3.72. The fourth-order valence-corrected chi connectivity index (χ4v) is 1.03. The lowest BCUT2D eigenvalue weighted by Gasteiger charge is -2.06. The van der Waals surface area contributed by atoms with E-state index >= 15 is 0 Å². The van der Waals surface area contributed by atoms with Gasteiger partial charge in [0.05, 0.1) is 5.69 Å². The highest BCUT2D eigenvalue weighted by Crippen LogP contribution is 2.20. The Balaban J connectivity index is 3.02. The predicted octanol–water partition coefficient (Wildman–Crippen LogP) is 1.50. The number of rotatable bonds is 3. The summed E-state index contributed by atoms with van der Waals surface area (Å²) in [5, 5.41) is 19.1. The average Bonchev–Trinajstić information content (AvgIpc) is 2.29. The molecule has 0 unspecified atom stereocenters. The molecule has 0 bridgehead atoms. The Morgan fingerprint density at radius 2 is 2.18 bits per heavy atom. The van der Waals surface area contributed by atoms with Crippen molar-refractivity contribution in [1.82, 2.24) is 0 Å². The summed E-state index contributed by atoms with van der Waals surface area (Å²) in [6.07, 6.45) is 0. The zero-order valence-corrected chi connectivity index (χ0v) is 8.88. The van der Waals surface area contributed by atoms with Crippen molar-refractivity contribution in [3.63, 3.8) is 0 Å². The number of anilines is 1. The van der Waals surface area contributed by atoms with Crippen LogP contribution in [-0.4, -0.2) is 11.5 Å². The van der Waals surface area contributed by atoms with Gasteiger partial charge in [0.25, 0.3) is 0 Å². The van der Waals surface area contributed by atoms with Gasteiger partial charge in [-0.05, 0) is 19.1 Å². The summed E-state index contributed by atoms with van der Waals surface area (Å²) >= 11 is 0. The van der Waals surface area contributed by atoms with Crippen LogP contribution < -0.4 is 11.2 Å². The van der Waals surface area contributed by atoms with Gasteiger partial charge in [-0.3, -0.25) is 10.8 Å². The summed E-state index contributed by atoms with van der Waals surface area (Å²) < 4.78 is 26.0. The van der Waals surface area contributed by atoms with E-state index in [-0.39, 0.29) is 17.0 Å². The summed E-state index contributed by atoms with van der Waals surface area (Å²) in [5.74, 6) is -2.48. The number of halogens is 2. The molecule has 5 nitrogen and oxygen atoms in total. The van der Waals surface area contributed by atoms with Crippen LogP contribution in [0, 0.1) is 35.3 Å². The van der Waals surface area contributed by atoms with Gasteiger partial charge in [0.1, 0.15) is 6.07 Å². The van der Waals surface area contributed by atoms with Crippen LogP contribution >= 0.6 is 0 Å². The van der Waals surface area contributed by atoms with Crippen molar-refractivity contribution >= 4 is 17.2 Å². The zero-order valence-electron chi connectivity index (χ0n) is 8.88. The number of hydrogen-bond acceptors (Lipinski definition) is 4. The molecule has 0 aliphatic rings. The second-order valence-electron chi connectivity index (χ2n) is 3.13. The highest BCUT2D eigenvalue weighted by molar-refractivity contribution is 6.45. The summed E-state index contributed by atoms with van der Waals surface area (Å²) in [5.41, 5.74) is 7.29. The lowest BCUT2D eigenvalue weighted by Crippen LogP contribution is -2.22. The first-order chi connectivity index (χ1) is 7.97. The van der Waals surface area contributed by atoms with Crippen LogP contribution in [0.3, 0.4) is 0 Å². The minimum atomic E-state index is -0.994. The molecule has 0 saturated carbocycles. The summed E-state index contributed by atoms with van der Waals surface area (Å²) in [6, 6.07) is 3.79. The SMILES string of the molecule is Cc1c(N/N=C(\C#N)C(=N)N)ccc(F)c1F. The molecule has 4 N–H and O–H groups in total. The number of nitrogens with one attached hydrogen (secondary N) is 2. The van der Waals surface area contributed by atoms with Gasteiger partial charge < -0.3 is 5.73 Å². The lowest BCUT2D eigenvalue weighted by molar-refractivity contribution is 0.503. The van der Waals surface area contributed by atoms with Crippen molar-refractivity contribution < 1.29 is 8.78 Å². The van der Waals surface area contributed by atoms with Gasteiger partial charge in [-0.25, -0.2) is 8.78 Å². The maximum Gasteiger partial charge on any atom is 0.201 e. The van der Waals surface area contributed by atoms with Crippen molar-refractivity contribution in [2.75, 3.05) is 5.43 Å². The molecule has 0 spiro atoms. The lowest BCUT2D eigenvalue weighted by atomic mass is 10.2. The monoisotopic (exact) mass is 237 g/mol. The smallest absolute Gasteiger partial charge is 0.201 e. The standard InChI is InChI=1S/C10H9F2N5/c1-5-7(3-2-6(11)9(5)12)16-17-8(4-13)10(14)15/h2-3,16H,1H3,(H3,14,15)/b17-8+. The van der Waals surface area contributed by atoms with Gasteiger partial charge in [-0.2, -0.15) is 10.4 Å². The van der Waals surface area contributed by atoms with Crippen LogP contribution in [0.4, 0.5) is 14.5 Å².